The zero-order chi connectivity index (χ0) is 23.7. The first kappa shape index (κ1) is 22.3. The average molecular weight is 442 g/mol. The van der Waals surface area contributed by atoms with Crippen LogP contribution in [0, 0.1) is 13.8 Å². The smallest absolute Gasteiger partial charge is 0.266 e. The van der Waals surface area contributed by atoms with Crippen molar-refractivity contribution in [3.05, 3.63) is 99.6 Å². The molecule has 0 saturated heterocycles. The Bertz CT molecular complexity index is 1390. The maximum atomic E-state index is 13.7. The van der Waals surface area contributed by atoms with Crippen molar-refractivity contribution in [1.29, 1.82) is 0 Å². The third kappa shape index (κ3) is 4.12. The average Bonchev–Trinajstić information content (AvgIpc) is 2.83. The summed E-state index contributed by atoms with van der Waals surface area (Å²) in [6, 6.07) is 19.9. The SMILES string of the molecule is COc1ccc(C)cc1-n1c(C(C)N(C)C(=O)c2ccc(C)cc2)nc2ccccc2c1=O. The number of methoxy groups -OCH3 is 1. The molecule has 6 nitrogen and oxygen atoms in total. The molecule has 1 atom stereocenters. The molecular weight excluding hydrogens is 414 g/mol. The third-order valence-electron chi connectivity index (χ3n) is 5.95. The summed E-state index contributed by atoms with van der Waals surface area (Å²) in [7, 11) is 3.30. The number of ether oxygens (including phenoxy) is 1. The summed E-state index contributed by atoms with van der Waals surface area (Å²) in [4.78, 5) is 33.4. The van der Waals surface area contributed by atoms with Crippen molar-refractivity contribution in [2.75, 3.05) is 14.2 Å². The van der Waals surface area contributed by atoms with Crippen LogP contribution in [0.1, 0.15) is 40.3 Å². The van der Waals surface area contributed by atoms with Gasteiger partial charge in [-0.05, 0) is 62.7 Å². The molecule has 168 valence electrons. The molecule has 0 fully saturated rings. The quantitative estimate of drug-likeness (QED) is 0.444. The van der Waals surface area contributed by atoms with E-state index in [-0.39, 0.29) is 11.5 Å². The first-order chi connectivity index (χ1) is 15.8. The summed E-state index contributed by atoms with van der Waals surface area (Å²) in [5.41, 5.74) is 3.62. The van der Waals surface area contributed by atoms with Crippen LogP contribution < -0.4 is 10.3 Å². The lowest BCUT2D eigenvalue weighted by Gasteiger charge is -2.27. The van der Waals surface area contributed by atoms with Crippen LogP contribution in [-0.4, -0.2) is 34.5 Å². The predicted molar refractivity (Wildman–Crippen MR) is 130 cm³/mol. The molecular formula is C27H27N3O3. The van der Waals surface area contributed by atoms with Gasteiger partial charge in [-0.3, -0.25) is 14.2 Å². The van der Waals surface area contributed by atoms with Crippen LogP contribution in [0.3, 0.4) is 0 Å². The number of fused-ring (bicyclic) bond motifs is 1. The summed E-state index contributed by atoms with van der Waals surface area (Å²) >= 11 is 0. The zero-order valence-corrected chi connectivity index (χ0v) is 19.5. The van der Waals surface area contributed by atoms with Crippen LogP contribution in [0.15, 0.2) is 71.5 Å². The van der Waals surface area contributed by atoms with Gasteiger partial charge in [-0.25, -0.2) is 4.98 Å². The third-order valence-corrected chi connectivity index (χ3v) is 5.95. The molecule has 3 aromatic carbocycles. The van der Waals surface area contributed by atoms with E-state index in [4.69, 9.17) is 9.72 Å². The standard InChI is InChI=1S/C27H27N3O3/c1-17-10-13-20(14-11-17)26(31)29(4)19(3)25-28-22-9-7-6-8-21(22)27(32)30(25)23-16-18(2)12-15-24(23)33-5/h6-16,19H,1-5H3. The highest BCUT2D eigenvalue weighted by Gasteiger charge is 2.26. The second kappa shape index (κ2) is 8.90. The van der Waals surface area contributed by atoms with Gasteiger partial charge in [0.15, 0.2) is 0 Å². The topological polar surface area (TPSA) is 64.4 Å². The fraction of sp³-hybridized carbons (Fsp3) is 0.222. The maximum absolute atomic E-state index is 13.7. The van der Waals surface area contributed by atoms with Gasteiger partial charge in [0.1, 0.15) is 11.6 Å². The van der Waals surface area contributed by atoms with Crippen molar-refractivity contribution in [1.82, 2.24) is 14.5 Å². The van der Waals surface area contributed by atoms with Crippen molar-refractivity contribution < 1.29 is 9.53 Å². The number of carbonyl (C=O) groups excluding carboxylic acids is 1. The minimum absolute atomic E-state index is 0.146. The Balaban J connectivity index is 1.92. The van der Waals surface area contributed by atoms with Gasteiger partial charge in [-0.15, -0.1) is 0 Å². The highest BCUT2D eigenvalue weighted by molar-refractivity contribution is 5.94. The normalized spacial score (nSPS) is 11.9. The van der Waals surface area contributed by atoms with Crippen molar-refractivity contribution in [2.24, 2.45) is 0 Å². The molecule has 1 amide bonds. The Kier molecular flexibility index (Phi) is 6.01. The molecule has 0 radical (unpaired) electrons. The minimum atomic E-state index is -0.485. The van der Waals surface area contributed by atoms with E-state index in [9.17, 15) is 9.59 Å². The molecule has 0 aliphatic carbocycles. The van der Waals surface area contributed by atoms with E-state index in [0.29, 0.717) is 33.7 Å². The van der Waals surface area contributed by atoms with Gasteiger partial charge in [0, 0.05) is 12.6 Å². The summed E-state index contributed by atoms with van der Waals surface area (Å²) < 4.78 is 7.14. The summed E-state index contributed by atoms with van der Waals surface area (Å²) in [6.45, 7) is 5.81. The molecule has 4 rings (SSSR count). The Morgan fingerprint density at radius 3 is 2.36 bits per heavy atom. The molecule has 33 heavy (non-hydrogen) atoms. The van der Waals surface area contributed by atoms with Gasteiger partial charge in [0.25, 0.3) is 11.5 Å². The van der Waals surface area contributed by atoms with Crippen LogP contribution in [0.25, 0.3) is 16.6 Å². The van der Waals surface area contributed by atoms with E-state index < -0.39 is 6.04 Å². The number of carbonyl (C=O) groups is 1. The number of rotatable bonds is 5. The van der Waals surface area contributed by atoms with Crippen molar-refractivity contribution in [2.45, 2.75) is 26.8 Å². The molecule has 0 spiro atoms. The predicted octanol–water partition coefficient (Wildman–Crippen LogP) is 4.84. The van der Waals surface area contributed by atoms with Crippen LogP contribution in [0.5, 0.6) is 5.75 Å². The zero-order valence-electron chi connectivity index (χ0n) is 19.5. The number of aryl methyl sites for hydroxylation is 2. The Hall–Kier alpha value is -3.93. The lowest BCUT2D eigenvalue weighted by molar-refractivity contribution is 0.0735. The van der Waals surface area contributed by atoms with Crippen LogP contribution in [0.2, 0.25) is 0 Å². The summed E-state index contributed by atoms with van der Waals surface area (Å²) in [5.74, 6) is 0.874. The van der Waals surface area contributed by atoms with Gasteiger partial charge in [-0.2, -0.15) is 0 Å². The second-order valence-electron chi connectivity index (χ2n) is 8.26. The molecule has 1 aromatic heterocycles. The number of aromatic nitrogens is 2. The molecule has 1 unspecified atom stereocenters. The number of benzene rings is 3. The molecule has 0 N–H and O–H groups in total. The minimum Gasteiger partial charge on any atom is -0.495 e. The fourth-order valence-electron chi connectivity index (χ4n) is 3.89. The van der Waals surface area contributed by atoms with Crippen molar-refractivity contribution >= 4 is 16.8 Å². The van der Waals surface area contributed by atoms with E-state index in [0.717, 1.165) is 11.1 Å². The second-order valence-corrected chi connectivity index (χ2v) is 8.26. The lowest BCUT2D eigenvalue weighted by Crippen LogP contribution is -2.35. The van der Waals surface area contributed by atoms with Crippen molar-refractivity contribution in [3.63, 3.8) is 0 Å². The van der Waals surface area contributed by atoms with Crippen LogP contribution in [0.4, 0.5) is 0 Å². The van der Waals surface area contributed by atoms with Gasteiger partial charge in [-0.1, -0.05) is 35.9 Å². The first-order valence-electron chi connectivity index (χ1n) is 10.8. The summed E-state index contributed by atoms with van der Waals surface area (Å²) in [5, 5.41) is 0.504. The number of hydrogen-bond acceptors (Lipinski definition) is 4. The van der Waals surface area contributed by atoms with Gasteiger partial charge < -0.3 is 9.64 Å². The molecule has 0 aliphatic heterocycles. The summed E-state index contributed by atoms with van der Waals surface area (Å²) in [6.07, 6.45) is 0. The van der Waals surface area contributed by atoms with E-state index in [1.807, 2.05) is 81.4 Å². The van der Waals surface area contributed by atoms with Crippen LogP contribution in [-0.2, 0) is 0 Å². The maximum Gasteiger partial charge on any atom is 0.266 e. The van der Waals surface area contributed by atoms with E-state index >= 15 is 0 Å². The fourth-order valence-corrected chi connectivity index (χ4v) is 3.89. The van der Waals surface area contributed by atoms with E-state index in [2.05, 4.69) is 0 Å². The van der Waals surface area contributed by atoms with Gasteiger partial charge in [0.05, 0.1) is 29.7 Å². The number of amides is 1. The first-order valence-corrected chi connectivity index (χ1v) is 10.8. The van der Waals surface area contributed by atoms with Gasteiger partial charge in [0.2, 0.25) is 0 Å². The molecule has 0 bridgehead atoms. The van der Waals surface area contributed by atoms with E-state index in [1.165, 1.54) is 0 Å². The molecule has 0 saturated carbocycles. The highest BCUT2D eigenvalue weighted by atomic mass is 16.5. The Morgan fingerprint density at radius 1 is 1.00 bits per heavy atom. The number of para-hydroxylation sites is 1. The lowest BCUT2D eigenvalue weighted by atomic mass is 10.1. The molecule has 1 heterocycles. The Labute approximate surface area is 193 Å². The number of hydrogen-bond donors (Lipinski definition) is 0. The molecule has 6 heteroatoms. The van der Waals surface area contributed by atoms with E-state index in [1.54, 1.807) is 29.7 Å². The molecule has 0 aliphatic rings. The van der Waals surface area contributed by atoms with Crippen molar-refractivity contribution in [3.8, 4) is 11.4 Å². The number of nitrogens with zero attached hydrogens (tertiary/aromatic N) is 3. The van der Waals surface area contributed by atoms with Gasteiger partial charge >= 0.3 is 0 Å². The molecule has 4 aromatic rings. The highest BCUT2D eigenvalue weighted by Crippen LogP contribution is 2.28. The largest absolute Gasteiger partial charge is 0.495 e. The Morgan fingerprint density at radius 2 is 1.67 bits per heavy atom. The monoisotopic (exact) mass is 441 g/mol. The van der Waals surface area contributed by atoms with Crippen LogP contribution >= 0.6 is 0 Å².